The van der Waals surface area contributed by atoms with Crippen molar-refractivity contribution in [1.82, 2.24) is 10.2 Å². The number of nitrogens with one attached hydrogen (secondary N) is 1. The second kappa shape index (κ2) is 12.6. The Morgan fingerprint density at radius 3 is 2.34 bits per heavy atom. The molecule has 0 bridgehead atoms. The summed E-state index contributed by atoms with van der Waals surface area (Å²) >= 11 is 0. The van der Waals surface area contributed by atoms with Crippen molar-refractivity contribution >= 4 is 27.5 Å². The van der Waals surface area contributed by atoms with Gasteiger partial charge in [-0.05, 0) is 44.4 Å². The number of aryl methyl sites for hydroxylation is 1. The van der Waals surface area contributed by atoms with E-state index in [1.807, 2.05) is 45.0 Å². The van der Waals surface area contributed by atoms with Gasteiger partial charge < -0.3 is 15.0 Å². The van der Waals surface area contributed by atoms with Crippen LogP contribution in [0.4, 0.5) is 5.69 Å². The molecule has 0 radical (unpaired) electrons. The zero-order valence-electron chi connectivity index (χ0n) is 21.4. The standard InChI is InChI=1S/C26H37N3O5S/c1-7-34-24-14-9-8-13-23(24)29(35(6,32)33)18-25(30)28(17-22-12-10-11-20(4)15-22)21(5)26(31)27-16-19(2)3/h8-15,19,21H,7,16-18H2,1-6H3,(H,27,31)/t21-/m0/s1. The number of carbonyl (C=O) groups is 2. The fourth-order valence-electron chi connectivity index (χ4n) is 3.58. The van der Waals surface area contributed by atoms with Gasteiger partial charge in [-0.3, -0.25) is 13.9 Å². The SMILES string of the molecule is CCOc1ccccc1N(CC(=O)N(Cc1cccc(C)c1)[C@@H](C)C(=O)NCC(C)C)S(C)(=O)=O. The zero-order valence-corrected chi connectivity index (χ0v) is 22.3. The van der Waals surface area contributed by atoms with Crippen LogP contribution < -0.4 is 14.4 Å². The number of ether oxygens (including phenoxy) is 1. The van der Waals surface area contributed by atoms with Crippen LogP contribution in [0.2, 0.25) is 0 Å². The lowest BCUT2D eigenvalue weighted by atomic mass is 10.1. The average Bonchev–Trinajstić information content (AvgIpc) is 2.79. The summed E-state index contributed by atoms with van der Waals surface area (Å²) in [5.74, 6) is -0.167. The molecule has 1 N–H and O–H groups in total. The number of nitrogens with zero attached hydrogens (tertiary/aromatic N) is 2. The molecule has 2 aromatic carbocycles. The van der Waals surface area contributed by atoms with Crippen molar-refractivity contribution in [2.45, 2.75) is 47.2 Å². The van der Waals surface area contributed by atoms with E-state index in [0.29, 0.717) is 18.9 Å². The first-order valence-electron chi connectivity index (χ1n) is 11.8. The normalized spacial score (nSPS) is 12.2. The Kier molecular flexibility index (Phi) is 10.1. The van der Waals surface area contributed by atoms with Crippen LogP contribution in [0.1, 0.15) is 38.8 Å². The first kappa shape index (κ1) is 28.2. The minimum atomic E-state index is -3.83. The highest BCUT2D eigenvalue weighted by Gasteiger charge is 2.31. The van der Waals surface area contributed by atoms with Crippen molar-refractivity contribution in [1.29, 1.82) is 0 Å². The summed E-state index contributed by atoms with van der Waals surface area (Å²) in [6.07, 6.45) is 1.05. The maximum absolute atomic E-state index is 13.6. The highest BCUT2D eigenvalue weighted by molar-refractivity contribution is 7.92. The second-order valence-electron chi connectivity index (χ2n) is 9.00. The van der Waals surface area contributed by atoms with Crippen LogP contribution in [0.5, 0.6) is 5.75 Å². The third-order valence-corrected chi connectivity index (χ3v) is 6.53. The molecule has 2 amide bonds. The third-order valence-electron chi connectivity index (χ3n) is 5.40. The Balaban J connectivity index is 2.41. The lowest BCUT2D eigenvalue weighted by molar-refractivity contribution is -0.139. The van der Waals surface area contributed by atoms with Gasteiger partial charge >= 0.3 is 0 Å². The van der Waals surface area contributed by atoms with Crippen LogP contribution in [-0.2, 0) is 26.2 Å². The molecule has 0 spiro atoms. The number of para-hydroxylation sites is 2. The number of benzene rings is 2. The van der Waals surface area contributed by atoms with E-state index in [-0.39, 0.29) is 24.1 Å². The van der Waals surface area contributed by atoms with Crippen molar-refractivity contribution < 1.29 is 22.7 Å². The predicted octanol–water partition coefficient (Wildman–Crippen LogP) is 3.35. The monoisotopic (exact) mass is 503 g/mol. The molecule has 1 atom stereocenters. The molecule has 0 aliphatic heterocycles. The molecule has 0 unspecified atom stereocenters. The minimum Gasteiger partial charge on any atom is -0.492 e. The smallest absolute Gasteiger partial charge is 0.244 e. The third kappa shape index (κ3) is 8.28. The summed E-state index contributed by atoms with van der Waals surface area (Å²) in [5, 5.41) is 2.87. The van der Waals surface area contributed by atoms with Gasteiger partial charge in [0.2, 0.25) is 21.8 Å². The quantitative estimate of drug-likeness (QED) is 0.479. The summed E-state index contributed by atoms with van der Waals surface area (Å²) in [5.41, 5.74) is 2.15. The van der Waals surface area contributed by atoms with Crippen LogP contribution in [0.3, 0.4) is 0 Å². The predicted molar refractivity (Wildman–Crippen MR) is 139 cm³/mol. The molecule has 0 saturated carbocycles. The number of hydrogen-bond acceptors (Lipinski definition) is 5. The molecule has 0 aliphatic rings. The van der Waals surface area contributed by atoms with Gasteiger partial charge in [-0.2, -0.15) is 0 Å². The molecule has 9 heteroatoms. The van der Waals surface area contributed by atoms with Crippen LogP contribution >= 0.6 is 0 Å². The molecular weight excluding hydrogens is 466 g/mol. The lowest BCUT2D eigenvalue weighted by Crippen LogP contribution is -2.51. The van der Waals surface area contributed by atoms with E-state index in [0.717, 1.165) is 21.7 Å². The van der Waals surface area contributed by atoms with Gasteiger partial charge in [0.15, 0.2) is 0 Å². The van der Waals surface area contributed by atoms with Crippen LogP contribution in [0.25, 0.3) is 0 Å². The van der Waals surface area contributed by atoms with Gasteiger partial charge in [0.1, 0.15) is 18.3 Å². The molecule has 2 rings (SSSR count). The number of amides is 2. The van der Waals surface area contributed by atoms with Crippen LogP contribution in [0.15, 0.2) is 48.5 Å². The van der Waals surface area contributed by atoms with Crippen molar-refractivity contribution in [3.05, 3.63) is 59.7 Å². The van der Waals surface area contributed by atoms with E-state index in [1.54, 1.807) is 38.1 Å². The number of carbonyl (C=O) groups excluding carboxylic acids is 2. The molecule has 0 saturated heterocycles. The van der Waals surface area contributed by atoms with E-state index in [1.165, 1.54) is 4.90 Å². The highest BCUT2D eigenvalue weighted by atomic mass is 32.2. The summed E-state index contributed by atoms with van der Waals surface area (Å²) in [7, 11) is -3.83. The van der Waals surface area contributed by atoms with E-state index in [4.69, 9.17) is 4.74 Å². The first-order valence-corrected chi connectivity index (χ1v) is 13.6. The molecule has 35 heavy (non-hydrogen) atoms. The molecule has 0 aromatic heterocycles. The first-order chi connectivity index (χ1) is 16.4. The second-order valence-corrected chi connectivity index (χ2v) is 10.9. The molecular formula is C26H37N3O5S. The summed E-state index contributed by atoms with van der Waals surface area (Å²) in [6.45, 7) is 9.90. The number of rotatable bonds is 12. The summed E-state index contributed by atoms with van der Waals surface area (Å²) < 4.78 is 32.1. The van der Waals surface area contributed by atoms with E-state index >= 15 is 0 Å². The van der Waals surface area contributed by atoms with Gasteiger partial charge in [0.05, 0.1) is 18.6 Å². The van der Waals surface area contributed by atoms with Crippen molar-refractivity contribution in [3.63, 3.8) is 0 Å². The van der Waals surface area contributed by atoms with E-state index in [9.17, 15) is 18.0 Å². The van der Waals surface area contributed by atoms with Gasteiger partial charge in [-0.1, -0.05) is 55.8 Å². The van der Waals surface area contributed by atoms with Gasteiger partial charge in [0, 0.05) is 13.1 Å². The maximum atomic E-state index is 13.6. The largest absolute Gasteiger partial charge is 0.492 e. The van der Waals surface area contributed by atoms with Crippen LogP contribution in [-0.4, -0.2) is 57.1 Å². The van der Waals surface area contributed by atoms with Crippen molar-refractivity contribution in [2.75, 3.05) is 30.3 Å². The summed E-state index contributed by atoms with van der Waals surface area (Å²) in [4.78, 5) is 27.9. The fraction of sp³-hybridized carbons (Fsp3) is 0.462. The molecule has 0 heterocycles. The number of hydrogen-bond donors (Lipinski definition) is 1. The number of anilines is 1. The molecule has 0 aliphatic carbocycles. The molecule has 2 aromatic rings. The van der Waals surface area contributed by atoms with Crippen molar-refractivity contribution in [2.24, 2.45) is 5.92 Å². The van der Waals surface area contributed by atoms with Gasteiger partial charge in [0.25, 0.3) is 0 Å². The zero-order chi connectivity index (χ0) is 26.2. The van der Waals surface area contributed by atoms with E-state index in [2.05, 4.69) is 5.32 Å². The Morgan fingerprint density at radius 1 is 1.06 bits per heavy atom. The Morgan fingerprint density at radius 2 is 1.74 bits per heavy atom. The Labute approximate surface area is 209 Å². The highest BCUT2D eigenvalue weighted by Crippen LogP contribution is 2.30. The minimum absolute atomic E-state index is 0.168. The van der Waals surface area contributed by atoms with Gasteiger partial charge in [-0.15, -0.1) is 0 Å². The Bertz CT molecular complexity index is 1120. The van der Waals surface area contributed by atoms with Crippen molar-refractivity contribution in [3.8, 4) is 5.75 Å². The number of sulfonamides is 1. The average molecular weight is 504 g/mol. The Hall–Kier alpha value is -3.07. The lowest BCUT2D eigenvalue weighted by Gasteiger charge is -2.32. The van der Waals surface area contributed by atoms with Crippen LogP contribution in [0, 0.1) is 12.8 Å². The van der Waals surface area contributed by atoms with E-state index < -0.39 is 28.5 Å². The molecule has 192 valence electrons. The topological polar surface area (TPSA) is 96.0 Å². The molecule has 0 fully saturated rings. The van der Waals surface area contributed by atoms with Gasteiger partial charge in [-0.25, -0.2) is 8.42 Å². The fourth-order valence-corrected chi connectivity index (χ4v) is 4.43. The molecule has 8 nitrogen and oxygen atoms in total. The summed E-state index contributed by atoms with van der Waals surface area (Å²) in [6, 6.07) is 13.5. The maximum Gasteiger partial charge on any atom is 0.244 e.